The van der Waals surface area contributed by atoms with Gasteiger partial charge < -0.3 is 10.6 Å². The average molecular weight is 275 g/mol. The van der Waals surface area contributed by atoms with E-state index in [1.807, 2.05) is 33.0 Å². The molecule has 1 saturated heterocycles. The molecule has 0 aromatic heterocycles. The van der Waals surface area contributed by atoms with Crippen molar-refractivity contribution < 1.29 is 4.79 Å². The minimum absolute atomic E-state index is 0.0692. The van der Waals surface area contributed by atoms with Crippen molar-refractivity contribution in [2.75, 3.05) is 32.0 Å². The topological polar surface area (TPSA) is 44.4 Å². The lowest BCUT2D eigenvalue weighted by Gasteiger charge is -2.31. The summed E-state index contributed by atoms with van der Waals surface area (Å²) in [6.45, 7) is 6.61. The molecule has 2 rings (SSSR count). The number of hydrogen-bond acceptors (Lipinski definition) is 3. The predicted molar refractivity (Wildman–Crippen MR) is 83.1 cm³/mol. The Morgan fingerprint density at radius 2 is 2.05 bits per heavy atom. The van der Waals surface area contributed by atoms with E-state index in [4.69, 9.17) is 0 Å². The van der Waals surface area contributed by atoms with Gasteiger partial charge in [-0.25, -0.2) is 0 Å². The van der Waals surface area contributed by atoms with Gasteiger partial charge in [-0.2, -0.15) is 0 Å². The van der Waals surface area contributed by atoms with Crippen molar-refractivity contribution >= 4 is 11.6 Å². The number of rotatable bonds is 4. The first kappa shape index (κ1) is 15.0. The molecular formula is C16H25N3O. The smallest absolute Gasteiger partial charge is 0.238 e. The maximum atomic E-state index is 12.2. The van der Waals surface area contributed by atoms with Crippen LogP contribution in [-0.4, -0.2) is 43.5 Å². The molecule has 1 aliphatic heterocycles. The molecule has 0 bridgehead atoms. The summed E-state index contributed by atoms with van der Waals surface area (Å²) in [5, 5.41) is 6.37. The summed E-state index contributed by atoms with van der Waals surface area (Å²) in [7, 11) is 2.04. The molecule has 4 nitrogen and oxygen atoms in total. The van der Waals surface area contributed by atoms with Gasteiger partial charge in [0, 0.05) is 11.7 Å². The van der Waals surface area contributed by atoms with Crippen LogP contribution >= 0.6 is 0 Å². The van der Waals surface area contributed by atoms with E-state index in [1.54, 1.807) is 0 Å². The first-order valence-corrected chi connectivity index (χ1v) is 7.34. The van der Waals surface area contributed by atoms with Crippen LogP contribution in [0.5, 0.6) is 0 Å². The second-order valence-corrected chi connectivity index (χ2v) is 5.76. The normalized spacial score (nSPS) is 16.4. The van der Waals surface area contributed by atoms with Gasteiger partial charge in [0.1, 0.15) is 0 Å². The summed E-state index contributed by atoms with van der Waals surface area (Å²) >= 11 is 0. The number of hydrogen-bond donors (Lipinski definition) is 2. The number of benzene rings is 1. The van der Waals surface area contributed by atoms with Gasteiger partial charge in [-0.05, 0) is 64.0 Å². The molecular weight excluding hydrogens is 250 g/mol. The number of amides is 1. The van der Waals surface area contributed by atoms with Crippen molar-refractivity contribution in [1.82, 2.24) is 10.2 Å². The molecule has 1 fully saturated rings. The molecule has 20 heavy (non-hydrogen) atoms. The molecule has 4 heteroatoms. The summed E-state index contributed by atoms with van der Waals surface area (Å²) in [5.74, 6) is 0.0692. The zero-order chi connectivity index (χ0) is 14.5. The van der Waals surface area contributed by atoms with Crippen LogP contribution < -0.4 is 10.6 Å². The van der Waals surface area contributed by atoms with E-state index in [0.717, 1.165) is 42.7 Å². The van der Waals surface area contributed by atoms with E-state index in [1.165, 1.54) is 0 Å². The fourth-order valence-corrected chi connectivity index (χ4v) is 2.66. The molecule has 110 valence electrons. The van der Waals surface area contributed by atoms with Gasteiger partial charge in [0.25, 0.3) is 0 Å². The lowest BCUT2D eigenvalue weighted by molar-refractivity contribution is -0.117. The van der Waals surface area contributed by atoms with E-state index >= 15 is 0 Å². The van der Waals surface area contributed by atoms with Crippen molar-refractivity contribution in [2.24, 2.45) is 0 Å². The van der Waals surface area contributed by atoms with E-state index in [2.05, 4.69) is 21.6 Å². The summed E-state index contributed by atoms with van der Waals surface area (Å²) < 4.78 is 0. The SMILES string of the molecule is Cc1ccc(C)c(NC(=O)CN(C)C2CCNCC2)c1. The van der Waals surface area contributed by atoms with Crippen LogP contribution in [0.4, 0.5) is 5.69 Å². The third kappa shape index (κ3) is 4.05. The number of nitrogens with one attached hydrogen (secondary N) is 2. The van der Waals surface area contributed by atoms with Gasteiger partial charge in [-0.3, -0.25) is 9.69 Å². The lowest BCUT2D eigenvalue weighted by atomic mass is 10.1. The molecule has 0 spiro atoms. The van der Waals surface area contributed by atoms with Crippen molar-refractivity contribution in [3.05, 3.63) is 29.3 Å². The monoisotopic (exact) mass is 275 g/mol. The average Bonchev–Trinajstić information content (AvgIpc) is 2.43. The zero-order valence-electron chi connectivity index (χ0n) is 12.7. The summed E-state index contributed by atoms with van der Waals surface area (Å²) in [6.07, 6.45) is 2.24. The van der Waals surface area contributed by atoms with E-state index in [0.29, 0.717) is 12.6 Å². The second-order valence-electron chi connectivity index (χ2n) is 5.76. The molecule has 1 amide bonds. The van der Waals surface area contributed by atoms with Gasteiger partial charge >= 0.3 is 0 Å². The number of aryl methyl sites for hydroxylation is 2. The molecule has 0 unspecified atom stereocenters. The Hall–Kier alpha value is -1.39. The molecule has 1 heterocycles. The number of anilines is 1. The minimum Gasteiger partial charge on any atom is -0.325 e. The number of piperidine rings is 1. The molecule has 1 aromatic rings. The Labute approximate surface area is 121 Å². The minimum atomic E-state index is 0.0692. The third-order valence-corrected chi connectivity index (χ3v) is 3.99. The highest BCUT2D eigenvalue weighted by molar-refractivity contribution is 5.93. The highest BCUT2D eigenvalue weighted by Gasteiger charge is 2.19. The maximum Gasteiger partial charge on any atom is 0.238 e. The Morgan fingerprint density at radius 1 is 1.35 bits per heavy atom. The van der Waals surface area contributed by atoms with Crippen LogP contribution in [-0.2, 0) is 4.79 Å². The van der Waals surface area contributed by atoms with Crippen molar-refractivity contribution in [3.8, 4) is 0 Å². The zero-order valence-corrected chi connectivity index (χ0v) is 12.7. The summed E-state index contributed by atoms with van der Waals surface area (Å²) in [5.41, 5.74) is 3.19. The Balaban J connectivity index is 1.89. The number of carbonyl (C=O) groups is 1. The van der Waals surface area contributed by atoms with Gasteiger partial charge in [0.2, 0.25) is 5.91 Å². The van der Waals surface area contributed by atoms with Crippen LogP contribution in [0.2, 0.25) is 0 Å². The second kappa shape index (κ2) is 6.86. The van der Waals surface area contributed by atoms with Crippen LogP contribution in [0.1, 0.15) is 24.0 Å². The van der Waals surface area contributed by atoms with Crippen molar-refractivity contribution in [2.45, 2.75) is 32.7 Å². The fraction of sp³-hybridized carbons (Fsp3) is 0.562. The quantitative estimate of drug-likeness (QED) is 0.882. The van der Waals surface area contributed by atoms with Crippen molar-refractivity contribution in [3.63, 3.8) is 0 Å². The standard InChI is InChI=1S/C16H25N3O/c1-12-4-5-13(2)15(10-12)18-16(20)11-19(3)14-6-8-17-9-7-14/h4-5,10,14,17H,6-9,11H2,1-3H3,(H,18,20). The number of nitrogens with zero attached hydrogens (tertiary/aromatic N) is 1. The Bertz CT molecular complexity index is 467. The summed E-state index contributed by atoms with van der Waals surface area (Å²) in [4.78, 5) is 14.3. The van der Waals surface area contributed by atoms with Crippen LogP contribution in [0.25, 0.3) is 0 Å². The molecule has 0 radical (unpaired) electrons. The highest BCUT2D eigenvalue weighted by Crippen LogP contribution is 2.16. The fourth-order valence-electron chi connectivity index (χ4n) is 2.66. The van der Waals surface area contributed by atoms with E-state index in [-0.39, 0.29) is 5.91 Å². The van der Waals surface area contributed by atoms with Crippen molar-refractivity contribution in [1.29, 1.82) is 0 Å². The molecule has 1 aliphatic rings. The Morgan fingerprint density at radius 3 is 2.75 bits per heavy atom. The molecule has 0 atom stereocenters. The largest absolute Gasteiger partial charge is 0.325 e. The van der Waals surface area contributed by atoms with E-state index in [9.17, 15) is 4.79 Å². The molecule has 2 N–H and O–H groups in total. The van der Waals surface area contributed by atoms with Gasteiger partial charge in [-0.1, -0.05) is 12.1 Å². The Kier molecular flexibility index (Phi) is 5.15. The first-order valence-electron chi connectivity index (χ1n) is 7.34. The predicted octanol–water partition coefficient (Wildman–Crippen LogP) is 1.93. The molecule has 0 saturated carbocycles. The van der Waals surface area contributed by atoms with E-state index < -0.39 is 0 Å². The number of carbonyl (C=O) groups excluding carboxylic acids is 1. The lowest BCUT2D eigenvalue weighted by Crippen LogP contribution is -2.44. The first-order chi connectivity index (χ1) is 9.56. The van der Waals surface area contributed by atoms with Gasteiger partial charge in [-0.15, -0.1) is 0 Å². The molecule has 1 aromatic carbocycles. The van der Waals surface area contributed by atoms with Gasteiger partial charge in [0.15, 0.2) is 0 Å². The molecule has 0 aliphatic carbocycles. The summed E-state index contributed by atoms with van der Waals surface area (Å²) in [6, 6.07) is 6.64. The third-order valence-electron chi connectivity index (χ3n) is 3.99. The van der Waals surface area contributed by atoms with Crippen LogP contribution in [0.15, 0.2) is 18.2 Å². The maximum absolute atomic E-state index is 12.2. The van der Waals surface area contributed by atoms with Gasteiger partial charge in [0.05, 0.1) is 6.54 Å². The van der Waals surface area contributed by atoms with Crippen LogP contribution in [0.3, 0.4) is 0 Å². The highest BCUT2D eigenvalue weighted by atomic mass is 16.2. The number of likely N-dealkylation sites (N-methyl/N-ethyl adjacent to an activating group) is 1. The van der Waals surface area contributed by atoms with Crippen LogP contribution in [0, 0.1) is 13.8 Å².